The summed E-state index contributed by atoms with van der Waals surface area (Å²) in [6.07, 6.45) is 0.446. The van der Waals surface area contributed by atoms with Gasteiger partial charge in [0.2, 0.25) is 5.91 Å². The van der Waals surface area contributed by atoms with Crippen LogP contribution in [0.25, 0.3) is 0 Å². The molecular weight excluding hydrogens is 314 g/mol. The van der Waals surface area contributed by atoms with Gasteiger partial charge >= 0.3 is 6.03 Å². The lowest BCUT2D eigenvalue weighted by Crippen LogP contribution is -2.47. The van der Waals surface area contributed by atoms with E-state index in [0.29, 0.717) is 12.1 Å². The van der Waals surface area contributed by atoms with Crippen LogP contribution >= 0.6 is 0 Å². The highest BCUT2D eigenvalue weighted by Gasteiger charge is 2.37. The Labute approximate surface area is 147 Å². The first kappa shape index (κ1) is 17.0. The monoisotopic (exact) mass is 337 g/mol. The van der Waals surface area contributed by atoms with E-state index in [9.17, 15) is 9.59 Å². The van der Waals surface area contributed by atoms with Crippen molar-refractivity contribution in [1.29, 1.82) is 0 Å². The molecule has 0 aliphatic carbocycles. The molecule has 5 heteroatoms. The number of nitrogens with two attached hydrogens (primary N) is 1. The van der Waals surface area contributed by atoms with Gasteiger partial charge in [0.15, 0.2) is 0 Å². The van der Waals surface area contributed by atoms with E-state index in [1.54, 1.807) is 0 Å². The Morgan fingerprint density at radius 2 is 1.72 bits per heavy atom. The number of nitrogens with zero attached hydrogens (tertiary/aromatic N) is 1. The number of carbonyl (C=O) groups excluding carboxylic acids is 2. The van der Waals surface area contributed by atoms with E-state index in [4.69, 9.17) is 5.73 Å². The van der Waals surface area contributed by atoms with E-state index in [-0.39, 0.29) is 11.4 Å². The summed E-state index contributed by atoms with van der Waals surface area (Å²) in [4.78, 5) is 26.0. The van der Waals surface area contributed by atoms with Gasteiger partial charge in [-0.3, -0.25) is 9.69 Å². The lowest BCUT2D eigenvalue weighted by atomic mass is 9.87. The van der Waals surface area contributed by atoms with Gasteiger partial charge in [-0.15, -0.1) is 0 Å². The lowest BCUT2D eigenvalue weighted by molar-refractivity contribution is -0.119. The van der Waals surface area contributed by atoms with Crippen molar-refractivity contribution >= 4 is 23.3 Å². The Hall–Kier alpha value is -2.82. The molecule has 0 bridgehead atoms. The molecule has 3 N–H and O–H groups in total. The van der Waals surface area contributed by atoms with Crippen molar-refractivity contribution in [2.24, 2.45) is 5.73 Å². The van der Waals surface area contributed by atoms with Crippen LogP contribution in [-0.2, 0) is 16.6 Å². The third-order valence-corrected chi connectivity index (χ3v) is 4.53. The Morgan fingerprint density at radius 3 is 2.32 bits per heavy atom. The van der Waals surface area contributed by atoms with Gasteiger partial charge in [-0.2, -0.15) is 0 Å². The molecule has 25 heavy (non-hydrogen) atoms. The zero-order chi connectivity index (χ0) is 18.2. The second-order valence-electron chi connectivity index (χ2n) is 7.38. The second-order valence-corrected chi connectivity index (χ2v) is 7.38. The molecule has 3 amide bonds. The van der Waals surface area contributed by atoms with E-state index < -0.39 is 11.9 Å². The fourth-order valence-electron chi connectivity index (χ4n) is 3.10. The minimum absolute atomic E-state index is 0.0491. The van der Waals surface area contributed by atoms with Crippen molar-refractivity contribution in [2.75, 3.05) is 10.2 Å². The summed E-state index contributed by atoms with van der Waals surface area (Å²) < 4.78 is 0. The fraction of sp³-hybridized carbons (Fsp3) is 0.300. The molecule has 0 saturated heterocycles. The lowest BCUT2D eigenvalue weighted by Gasteiger charge is -2.24. The molecule has 130 valence electrons. The molecule has 1 atom stereocenters. The minimum atomic E-state index is -0.661. The van der Waals surface area contributed by atoms with Gasteiger partial charge < -0.3 is 11.1 Å². The van der Waals surface area contributed by atoms with Crippen LogP contribution in [0, 0.1) is 0 Å². The summed E-state index contributed by atoms with van der Waals surface area (Å²) in [5.41, 5.74) is 9.11. The Kier molecular flexibility index (Phi) is 4.25. The normalized spacial score (nSPS) is 16.4. The van der Waals surface area contributed by atoms with Gasteiger partial charge in [0.1, 0.15) is 6.04 Å². The standard InChI is InChI=1S/C20H23N3O2/c1-20(2,3)14-8-10-15(11-9-14)22-19(25)23-16-7-5-4-6-13(16)12-17(23)18(21)24/h4-11,17H,12H2,1-3H3,(H2,21,24)(H,22,25). The predicted octanol–water partition coefficient (Wildman–Crippen LogP) is 3.43. The molecule has 3 rings (SSSR count). The zero-order valence-electron chi connectivity index (χ0n) is 14.7. The Morgan fingerprint density at radius 1 is 1.08 bits per heavy atom. The molecule has 0 aromatic heterocycles. The molecule has 1 heterocycles. The third kappa shape index (κ3) is 3.36. The summed E-state index contributed by atoms with van der Waals surface area (Å²) in [5.74, 6) is -0.505. The average Bonchev–Trinajstić information content (AvgIpc) is 2.94. The largest absolute Gasteiger partial charge is 0.368 e. The topological polar surface area (TPSA) is 75.4 Å². The first-order chi connectivity index (χ1) is 11.8. The first-order valence-electron chi connectivity index (χ1n) is 8.35. The van der Waals surface area contributed by atoms with Crippen LogP contribution in [0.15, 0.2) is 48.5 Å². The van der Waals surface area contributed by atoms with Gasteiger partial charge in [0.25, 0.3) is 0 Å². The summed E-state index contributed by atoms with van der Waals surface area (Å²) >= 11 is 0. The van der Waals surface area contributed by atoms with Crippen LogP contribution < -0.4 is 16.0 Å². The summed E-state index contributed by atoms with van der Waals surface area (Å²) in [6.45, 7) is 6.41. The van der Waals surface area contributed by atoms with Crippen LogP contribution in [0.3, 0.4) is 0 Å². The number of fused-ring (bicyclic) bond motifs is 1. The number of rotatable bonds is 2. The summed E-state index contributed by atoms with van der Waals surface area (Å²) in [5, 5.41) is 2.87. The van der Waals surface area contributed by atoms with Crippen molar-refractivity contribution in [3.8, 4) is 0 Å². The van der Waals surface area contributed by atoms with Gasteiger partial charge in [-0.1, -0.05) is 51.1 Å². The predicted molar refractivity (Wildman–Crippen MR) is 99.8 cm³/mol. The third-order valence-electron chi connectivity index (χ3n) is 4.53. The molecule has 0 fully saturated rings. The van der Waals surface area contributed by atoms with Crippen molar-refractivity contribution in [1.82, 2.24) is 0 Å². The zero-order valence-corrected chi connectivity index (χ0v) is 14.7. The van der Waals surface area contributed by atoms with Crippen molar-refractivity contribution in [3.63, 3.8) is 0 Å². The minimum Gasteiger partial charge on any atom is -0.368 e. The Bertz CT molecular complexity index is 806. The van der Waals surface area contributed by atoms with Crippen LogP contribution in [0.2, 0.25) is 0 Å². The molecule has 2 aromatic rings. The average molecular weight is 337 g/mol. The number of carbonyl (C=O) groups is 2. The molecule has 0 spiro atoms. The Balaban J connectivity index is 1.83. The highest BCUT2D eigenvalue weighted by molar-refractivity contribution is 6.08. The number of primary amides is 1. The SMILES string of the molecule is CC(C)(C)c1ccc(NC(=O)N2c3ccccc3CC2C(N)=O)cc1. The van der Waals surface area contributed by atoms with E-state index >= 15 is 0 Å². The van der Waals surface area contributed by atoms with E-state index in [1.807, 2.05) is 48.5 Å². The number of hydrogen-bond donors (Lipinski definition) is 2. The van der Waals surface area contributed by atoms with Crippen LogP contribution in [0.1, 0.15) is 31.9 Å². The van der Waals surface area contributed by atoms with Gasteiger partial charge in [0, 0.05) is 17.8 Å². The maximum Gasteiger partial charge on any atom is 0.327 e. The maximum absolute atomic E-state index is 12.8. The molecule has 1 unspecified atom stereocenters. The first-order valence-corrected chi connectivity index (χ1v) is 8.35. The van der Waals surface area contributed by atoms with Crippen molar-refractivity contribution in [3.05, 3.63) is 59.7 Å². The second kappa shape index (κ2) is 6.24. The smallest absolute Gasteiger partial charge is 0.327 e. The number of hydrogen-bond acceptors (Lipinski definition) is 2. The maximum atomic E-state index is 12.8. The van der Waals surface area contributed by atoms with Crippen molar-refractivity contribution in [2.45, 2.75) is 38.6 Å². The van der Waals surface area contributed by atoms with Crippen LogP contribution in [0.4, 0.5) is 16.2 Å². The number of benzene rings is 2. The molecule has 0 radical (unpaired) electrons. The molecule has 1 aliphatic rings. The van der Waals surface area contributed by atoms with E-state index in [1.165, 1.54) is 10.5 Å². The van der Waals surface area contributed by atoms with E-state index in [2.05, 4.69) is 26.1 Å². The van der Waals surface area contributed by atoms with Crippen molar-refractivity contribution < 1.29 is 9.59 Å². The van der Waals surface area contributed by atoms with Crippen LogP contribution in [-0.4, -0.2) is 18.0 Å². The molecular formula is C20H23N3O2. The van der Waals surface area contributed by atoms with E-state index in [0.717, 1.165) is 11.3 Å². The number of nitrogens with one attached hydrogen (secondary N) is 1. The quantitative estimate of drug-likeness (QED) is 0.881. The summed E-state index contributed by atoms with van der Waals surface area (Å²) in [6, 6.07) is 14.2. The van der Waals surface area contributed by atoms with Crippen LogP contribution in [0.5, 0.6) is 0 Å². The molecule has 0 saturated carbocycles. The number of amides is 3. The highest BCUT2D eigenvalue weighted by Crippen LogP contribution is 2.32. The van der Waals surface area contributed by atoms with Gasteiger partial charge in [-0.05, 0) is 34.7 Å². The highest BCUT2D eigenvalue weighted by atomic mass is 16.2. The van der Waals surface area contributed by atoms with Gasteiger partial charge in [0.05, 0.1) is 0 Å². The molecule has 5 nitrogen and oxygen atoms in total. The fourth-order valence-corrected chi connectivity index (χ4v) is 3.10. The molecule has 1 aliphatic heterocycles. The number of para-hydroxylation sites is 1. The molecule has 2 aromatic carbocycles. The number of urea groups is 1. The number of anilines is 2. The van der Waals surface area contributed by atoms with Gasteiger partial charge in [-0.25, -0.2) is 4.79 Å². The summed E-state index contributed by atoms with van der Waals surface area (Å²) in [7, 11) is 0.